The van der Waals surface area contributed by atoms with Gasteiger partial charge in [-0.2, -0.15) is 0 Å². The second-order valence-corrected chi connectivity index (χ2v) is 3.74. The van der Waals surface area contributed by atoms with Crippen LogP contribution >= 0.6 is 32.4 Å². The summed E-state index contributed by atoms with van der Waals surface area (Å²) in [5.74, 6) is 0. The Kier molecular flexibility index (Phi) is 3.43. The van der Waals surface area contributed by atoms with Crippen LogP contribution in [0, 0.1) is 0 Å². The van der Waals surface area contributed by atoms with Crippen LogP contribution in [0.4, 0.5) is 0 Å². The van der Waals surface area contributed by atoms with Crippen LogP contribution < -0.4 is 5.30 Å². The van der Waals surface area contributed by atoms with E-state index >= 15 is 0 Å². The fourth-order valence-electron chi connectivity index (χ4n) is 0.879. The highest BCUT2D eigenvalue weighted by Gasteiger charge is 2.08. The molecule has 0 aliphatic heterocycles. The molecule has 1 unspecified atom stereocenters. The molecule has 0 saturated heterocycles. The number of benzene rings is 1. The molecule has 13 heavy (non-hydrogen) atoms. The third-order valence-corrected chi connectivity index (χ3v) is 2.18. The number of carbonyl (C=O) groups is 2. The largest absolute Gasteiger partial charge is 0.276 e. The SMILES string of the molecule is O=C(Cl)c1cc(P)cc(C(=O)Cl)c1. The minimum Gasteiger partial charge on any atom is -0.276 e. The Morgan fingerprint density at radius 1 is 1.00 bits per heavy atom. The third kappa shape index (κ3) is 2.77. The molecule has 0 bridgehead atoms. The van der Waals surface area contributed by atoms with Gasteiger partial charge in [0.05, 0.1) is 0 Å². The monoisotopic (exact) mass is 234 g/mol. The van der Waals surface area contributed by atoms with Crippen molar-refractivity contribution in [1.82, 2.24) is 0 Å². The lowest BCUT2D eigenvalue weighted by atomic mass is 10.1. The number of halogens is 2. The van der Waals surface area contributed by atoms with Gasteiger partial charge in [-0.05, 0) is 46.7 Å². The third-order valence-electron chi connectivity index (χ3n) is 1.41. The van der Waals surface area contributed by atoms with Crippen LogP contribution in [0.2, 0.25) is 0 Å². The van der Waals surface area contributed by atoms with Crippen molar-refractivity contribution in [2.24, 2.45) is 0 Å². The molecule has 0 fully saturated rings. The van der Waals surface area contributed by atoms with Crippen molar-refractivity contribution in [2.75, 3.05) is 0 Å². The van der Waals surface area contributed by atoms with Crippen LogP contribution in [0.5, 0.6) is 0 Å². The average Bonchev–Trinajstić information content (AvgIpc) is 2.03. The molecule has 1 rings (SSSR count). The molecule has 0 radical (unpaired) electrons. The molecule has 0 heterocycles. The van der Waals surface area contributed by atoms with E-state index in [1.54, 1.807) is 12.1 Å². The number of hydrogen-bond donors (Lipinski definition) is 0. The Bertz CT molecular complexity index is 344. The average molecular weight is 235 g/mol. The van der Waals surface area contributed by atoms with E-state index in [0.29, 0.717) is 5.30 Å². The summed E-state index contributed by atoms with van der Waals surface area (Å²) < 4.78 is 0. The van der Waals surface area contributed by atoms with Crippen LogP contribution in [-0.2, 0) is 0 Å². The summed E-state index contributed by atoms with van der Waals surface area (Å²) in [4.78, 5) is 21.5. The Hall–Kier alpha value is -0.430. The van der Waals surface area contributed by atoms with Gasteiger partial charge < -0.3 is 0 Å². The van der Waals surface area contributed by atoms with Crippen molar-refractivity contribution in [3.63, 3.8) is 0 Å². The van der Waals surface area contributed by atoms with Gasteiger partial charge in [-0.15, -0.1) is 9.24 Å². The predicted molar refractivity (Wildman–Crippen MR) is 56.2 cm³/mol. The minimum absolute atomic E-state index is 0.262. The lowest BCUT2D eigenvalue weighted by molar-refractivity contribution is 0.108. The molecular weight excluding hydrogens is 230 g/mol. The molecule has 0 N–H and O–H groups in total. The summed E-state index contributed by atoms with van der Waals surface area (Å²) in [5, 5.41) is -0.526. The van der Waals surface area contributed by atoms with Crippen LogP contribution in [0.3, 0.4) is 0 Å². The first-order chi connectivity index (χ1) is 6.00. The zero-order valence-corrected chi connectivity index (χ0v) is 9.05. The molecular formula is C8H5Cl2O2P. The summed E-state index contributed by atoms with van der Waals surface area (Å²) in [7, 11) is 2.37. The lowest BCUT2D eigenvalue weighted by Gasteiger charge is -1.99. The van der Waals surface area contributed by atoms with Crippen LogP contribution in [-0.4, -0.2) is 10.5 Å². The van der Waals surface area contributed by atoms with E-state index in [0.717, 1.165) is 0 Å². The van der Waals surface area contributed by atoms with Gasteiger partial charge in [-0.25, -0.2) is 0 Å². The Morgan fingerprint density at radius 3 is 1.69 bits per heavy atom. The van der Waals surface area contributed by atoms with Crippen LogP contribution in [0.1, 0.15) is 20.7 Å². The summed E-state index contributed by atoms with van der Waals surface area (Å²) in [6.45, 7) is 0. The van der Waals surface area contributed by atoms with E-state index in [4.69, 9.17) is 23.2 Å². The fraction of sp³-hybridized carbons (Fsp3) is 0. The number of rotatable bonds is 2. The highest BCUT2D eigenvalue weighted by atomic mass is 35.5. The van der Waals surface area contributed by atoms with Crippen molar-refractivity contribution in [2.45, 2.75) is 0 Å². The second-order valence-electron chi connectivity index (χ2n) is 2.39. The van der Waals surface area contributed by atoms with Gasteiger partial charge in [0, 0.05) is 11.1 Å². The molecule has 0 aliphatic carbocycles. The molecule has 0 aromatic heterocycles. The first-order valence-electron chi connectivity index (χ1n) is 3.31. The summed E-state index contributed by atoms with van der Waals surface area (Å²) in [6, 6.07) is 4.48. The molecule has 0 spiro atoms. The molecule has 0 aliphatic rings. The van der Waals surface area contributed by atoms with E-state index in [9.17, 15) is 9.59 Å². The minimum atomic E-state index is -0.608. The number of carbonyl (C=O) groups excluding carboxylic acids is 2. The van der Waals surface area contributed by atoms with Gasteiger partial charge in [-0.3, -0.25) is 9.59 Å². The molecule has 1 aromatic rings. The zero-order chi connectivity index (χ0) is 10.0. The van der Waals surface area contributed by atoms with Crippen LogP contribution in [0.15, 0.2) is 18.2 Å². The maximum absolute atomic E-state index is 10.8. The van der Waals surface area contributed by atoms with Crippen LogP contribution in [0.25, 0.3) is 0 Å². The summed E-state index contributed by atoms with van der Waals surface area (Å²) >= 11 is 10.5. The second kappa shape index (κ2) is 4.19. The Balaban J connectivity index is 3.26. The van der Waals surface area contributed by atoms with Crippen molar-refractivity contribution >= 4 is 48.2 Å². The Morgan fingerprint density at radius 2 is 1.38 bits per heavy atom. The van der Waals surface area contributed by atoms with Crippen molar-refractivity contribution < 1.29 is 9.59 Å². The Labute approximate surface area is 87.4 Å². The van der Waals surface area contributed by atoms with E-state index in [-0.39, 0.29) is 11.1 Å². The predicted octanol–water partition coefficient (Wildman–Crippen LogP) is 1.94. The van der Waals surface area contributed by atoms with E-state index in [2.05, 4.69) is 9.24 Å². The van der Waals surface area contributed by atoms with Crippen molar-refractivity contribution in [1.29, 1.82) is 0 Å². The highest BCUT2D eigenvalue weighted by Crippen LogP contribution is 2.10. The lowest BCUT2D eigenvalue weighted by Crippen LogP contribution is -2.02. The standard InChI is InChI=1S/C8H5Cl2O2P/c9-7(11)4-1-5(8(10)12)3-6(13)2-4/h1-3H,13H2. The molecule has 1 aromatic carbocycles. The van der Waals surface area contributed by atoms with E-state index in [1.165, 1.54) is 6.07 Å². The van der Waals surface area contributed by atoms with Gasteiger partial charge in [0.1, 0.15) is 0 Å². The van der Waals surface area contributed by atoms with Gasteiger partial charge in [0.15, 0.2) is 0 Å². The topological polar surface area (TPSA) is 34.1 Å². The quantitative estimate of drug-likeness (QED) is 0.579. The zero-order valence-electron chi connectivity index (χ0n) is 6.38. The fourth-order valence-corrected chi connectivity index (χ4v) is 1.46. The summed E-state index contributed by atoms with van der Waals surface area (Å²) in [5.41, 5.74) is 0.524. The molecule has 2 nitrogen and oxygen atoms in total. The first kappa shape index (κ1) is 10.6. The van der Waals surface area contributed by atoms with Gasteiger partial charge >= 0.3 is 0 Å². The van der Waals surface area contributed by atoms with Crippen molar-refractivity contribution in [3.05, 3.63) is 29.3 Å². The van der Waals surface area contributed by atoms with Gasteiger partial charge in [0.25, 0.3) is 10.5 Å². The van der Waals surface area contributed by atoms with Gasteiger partial charge in [0.2, 0.25) is 0 Å². The highest BCUT2D eigenvalue weighted by molar-refractivity contribution is 7.27. The van der Waals surface area contributed by atoms with Crippen molar-refractivity contribution in [3.8, 4) is 0 Å². The van der Waals surface area contributed by atoms with E-state index < -0.39 is 10.5 Å². The summed E-state index contributed by atoms with van der Waals surface area (Å²) in [6.07, 6.45) is 0. The maximum Gasteiger partial charge on any atom is 0.252 e. The molecule has 68 valence electrons. The van der Waals surface area contributed by atoms with Gasteiger partial charge in [-0.1, -0.05) is 0 Å². The molecule has 0 amide bonds. The molecule has 5 heteroatoms. The first-order valence-corrected chi connectivity index (χ1v) is 4.64. The molecule has 0 saturated carbocycles. The maximum atomic E-state index is 10.8. The normalized spacial score (nSPS) is 9.77. The molecule has 1 atom stereocenters. The van der Waals surface area contributed by atoms with E-state index in [1.807, 2.05) is 0 Å². The number of hydrogen-bond acceptors (Lipinski definition) is 2. The smallest absolute Gasteiger partial charge is 0.252 e.